The fourth-order valence-corrected chi connectivity index (χ4v) is 3.29. The van der Waals surface area contributed by atoms with E-state index < -0.39 is 11.6 Å². The van der Waals surface area contributed by atoms with E-state index in [4.69, 9.17) is 9.47 Å². The summed E-state index contributed by atoms with van der Waals surface area (Å²) in [6.07, 6.45) is 1.68. The monoisotopic (exact) mass is 435 g/mol. The summed E-state index contributed by atoms with van der Waals surface area (Å²) in [4.78, 5) is 14.5. The first-order valence-corrected chi connectivity index (χ1v) is 10.6. The predicted molar refractivity (Wildman–Crippen MR) is 114 cm³/mol. The number of hydrogen-bond donors (Lipinski definition) is 2. The number of aliphatic hydroxyl groups is 1. The molecule has 166 valence electrons. The third-order valence-corrected chi connectivity index (χ3v) is 5.14. The molecule has 0 bridgehead atoms. The second-order valence-corrected chi connectivity index (χ2v) is 7.15. The van der Waals surface area contributed by atoms with Crippen molar-refractivity contribution in [2.24, 2.45) is 0 Å². The number of benzene rings is 2. The van der Waals surface area contributed by atoms with Gasteiger partial charge in [0.1, 0.15) is 5.75 Å². The quantitative estimate of drug-likeness (QED) is 0.351. The van der Waals surface area contributed by atoms with Crippen LogP contribution < -0.4 is 22.0 Å². The Morgan fingerprint density at radius 1 is 0.933 bits per heavy atom. The number of esters is 1. The van der Waals surface area contributed by atoms with Gasteiger partial charge < -0.3 is 31.9 Å². The van der Waals surface area contributed by atoms with Crippen LogP contribution in [0.25, 0.3) is 0 Å². The highest BCUT2D eigenvalue weighted by atomic mass is 35.5. The molecule has 1 unspecified atom stereocenters. The molecular formula is C24H34ClNO4. The van der Waals surface area contributed by atoms with Crippen LogP contribution in [0.3, 0.4) is 0 Å². The third-order valence-electron chi connectivity index (χ3n) is 5.14. The molecule has 2 rings (SSSR count). The van der Waals surface area contributed by atoms with Crippen LogP contribution in [0.1, 0.15) is 44.7 Å². The Labute approximate surface area is 186 Å². The molecule has 0 radical (unpaired) electrons. The first-order chi connectivity index (χ1) is 14.1. The lowest BCUT2D eigenvalue weighted by atomic mass is 9.86. The fraction of sp³-hybridized carbons (Fsp3) is 0.458. The summed E-state index contributed by atoms with van der Waals surface area (Å²) in [5.41, 5.74) is -0.902. The molecule has 5 nitrogen and oxygen atoms in total. The lowest BCUT2D eigenvalue weighted by Crippen LogP contribution is -3.11. The van der Waals surface area contributed by atoms with Crippen molar-refractivity contribution in [2.75, 3.05) is 32.8 Å². The smallest absolute Gasteiger partial charge is 0.347 e. The zero-order valence-corrected chi connectivity index (χ0v) is 19.0. The summed E-state index contributed by atoms with van der Waals surface area (Å²) >= 11 is 0. The van der Waals surface area contributed by atoms with E-state index in [0.29, 0.717) is 23.5 Å². The SMILES string of the molecule is CCCOc1ccc(C(O)(C(=O)OCCC[NH+](CC)CC)c2ccccc2)cc1.[Cl-]. The highest BCUT2D eigenvalue weighted by molar-refractivity contribution is 5.85. The lowest BCUT2D eigenvalue weighted by Gasteiger charge is -2.27. The van der Waals surface area contributed by atoms with Gasteiger partial charge in [0, 0.05) is 6.42 Å². The first-order valence-electron chi connectivity index (χ1n) is 10.6. The largest absolute Gasteiger partial charge is 1.00 e. The van der Waals surface area contributed by atoms with E-state index in [2.05, 4.69) is 13.8 Å². The van der Waals surface area contributed by atoms with Crippen LogP contribution in [0.4, 0.5) is 0 Å². The molecule has 0 aliphatic carbocycles. The topological polar surface area (TPSA) is 60.2 Å². The van der Waals surface area contributed by atoms with Crippen molar-refractivity contribution in [1.29, 1.82) is 0 Å². The maximum atomic E-state index is 13.0. The molecule has 1 atom stereocenters. The zero-order chi connectivity index (χ0) is 21.1. The van der Waals surface area contributed by atoms with E-state index in [0.717, 1.165) is 32.5 Å². The van der Waals surface area contributed by atoms with Crippen LogP contribution in [-0.2, 0) is 15.1 Å². The maximum absolute atomic E-state index is 13.0. The predicted octanol–water partition coefficient (Wildman–Crippen LogP) is -0.427. The Kier molecular flexibility index (Phi) is 11.5. The standard InChI is InChI=1S/C24H33NO4.ClH/c1-4-18-28-22-15-13-21(14-16-22)24(27,20-11-8-7-9-12-20)23(26)29-19-10-17-25(5-2)6-3;/h7-9,11-16,27H,4-6,10,17-19H2,1-3H3;1H. The van der Waals surface area contributed by atoms with Gasteiger partial charge >= 0.3 is 5.97 Å². The van der Waals surface area contributed by atoms with Crippen molar-refractivity contribution in [2.45, 2.75) is 39.2 Å². The second kappa shape index (κ2) is 13.3. The van der Waals surface area contributed by atoms with Crippen molar-refractivity contribution in [3.05, 3.63) is 65.7 Å². The average Bonchev–Trinajstić information content (AvgIpc) is 2.78. The normalized spacial score (nSPS) is 12.7. The average molecular weight is 436 g/mol. The van der Waals surface area contributed by atoms with Gasteiger partial charge in [-0.05, 0) is 43.5 Å². The van der Waals surface area contributed by atoms with Gasteiger partial charge in [-0.2, -0.15) is 0 Å². The first kappa shape index (κ1) is 26.0. The Hall–Kier alpha value is -2.08. The molecule has 2 aromatic rings. The number of nitrogens with one attached hydrogen (secondary N) is 1. The Morgan fingerprint density at radius 2 is 1.53 bits per heavy atom. The summed E-state index contributed by atoms with van der Waals surface area (Å²) < 4.78 is 11.1. The lowest BCUT2D eigenvalue weighted by molar-refractivity contribution is -0.896. The zero-order valence-electron chi connectivity index (χ0n) is 18.2. The molecule has 0 heterocycles. The number of rotatable bonds is 12. The molecule has 6 heteroatoms. The van der Waals surface area contributed by atoms with Crippen LogP contribution >= 0.6 is 0 Å². The van der Waals surface area contributed by atoms with Gasteiger partial charge in [-0.3, -0.25) is 0 Å². The van der Waals surface area contributed by atoms with Crippen molar-refractivity contribution in [1.82, 2.24) is 0 Å². The molecule has 2 N–H and O–H groups in total. The van der Waals surface area contributed by atoms with Crippen molar-refractivity contribution >= 4 is 5.97 Å². The Morgan fingerprint density at radius 3 is 2.10 bits per heavy atom. The summed E-state index contributed by atoms with van der Waals surface area (Å²) in [6, 6.07) is 15.9. The van der Waals surface area contributed by atoms with Crippen LogP contribution in [0.5, 0.6) is 5.75 Å². The summed E-state index contributed by atoms with van der Waals surface area (Å²) in [5.74, 6) is 0.0575. The molecule has 0 aromatic heterocycles. The Balaban J connectivity index is 0.00000450. The van der Waals surface area contributed by atoms with Crippen LogP contribution in [0.2, 0.25) is 0 Å². The van der Waals surface area contributed by atoms with E-state index in [1.807, 2.05) is 13.0 Å². The number of quaternary nitrogens is 1. The van der Waals surface area contributed by atoms with Crippen LogP contribution in [-0.4, -0.2) is 43.9 Å². The van der Waals surface area contributed by atoms with Crippen molar-refractivity contribution in [3.63, 3.8) is 0 Å². The number of ether oxygens (including phenoxy) is 2. The molecule has 0 fully saturated rings. The number of halogens is 1. The van der Waals surface area contributed by atoms with Crippen molar-refractivity contribution < 1.29 is 36.7 Å². The molecule has 2 aromatic carbocycles. The van der Waals surface area contributed by atoms with E-state index in [1.165, 1.54) is 4.90 Å². The molecular weight excluding hydrogens is 402 g/mol. The second-order valence-electron chi connectivity index (χ2n) is 7.15. The van der Waals surface area contributed by atoms with Gasteiger partial charge in [0.15, 0.2) is 0 Å². The molecule has 0 saturated heterocycles. The number of carbonyl (C=O) groups excluding carboxylic acids is 1. The van der Waals surface area contributed by atoms with Gasteiger partial charge in [0.05, 0.1) is 32.8 Å². The van der Waals surface area contributed by atoms with Gasteiger partial charge in [0.25, 0.3) is 0 Å². The maximum Gasteiger partial charge on any atom is 0.347 e. The minimum absolute atomic E-state index is 0. The Bertz CT molecular complexity index is 735. The molecule has 0 spiro atoms. The van der Waals surface area contributed by atoms with Gasteiger partial charge in [-0.25, -0.2) is 4.79 Å². The van der Waals surface area contributed by atoms with E-state index in [1.54, 1.807) is 48.5 Å². The molecule has 0 amide bonds. The minimum atomic E-state index is -1.85. The van der Waals surface area contributed by atoms with E-state index >= 15 is 0 Å². The fourth-order valence-electron chi connectivity index (χ4n) is 3.29. The summed E-state index contributed by atoms with van der Waals surface area (Å²) in [7, 11) is 0. The van der Waals surface area contributed by atoms with E-state index in [-0.39, 0.29) is 19.0 Å². The van der Waals surface area contributed by atoms with Gasteiger partial charge in [0.2, 0.25) is 5.60 Å². The third kappa shape index (κ3) is 6.73. The highest BCUT2D eigenvalue weighted by Crippen LogP contribution is 2.32. The van der Waals surface area contributed by atoms with E-state index in [9.17, 15) is 9.90 Å². The van der Waals surface area contributed by atoms with Gasteiger partial charge in [-0.15, -0.1) is 0 Å². The molecule has 30 heavy (non-hydrogen) atoms. The van der Waals surface area contributed by atoms with Crippen LogP contribution in [0, 0.1) is 0 Å². The molecule has 0 saturated carbocycles. The highest BCUT2D eigenvalue weighted by Gasteiger charge is 2.41. The molecule has 0 aliphatic rings. The molecule has 0 aliphatic heterocycles. The summed E-state index contributed by atoms with van der Waals surface area (Å²) in [6.45, 7) is 10.3. The minimum Gasteiger partial charge on any atom is -1.00 e. The summed E-state index contributed by atoms with van der Waals surface area (Å²) in [5, 5.41) is 11.5. The van der Waals surface area contributed by atoms with Gasteiger partial charge in [-0.1, -0.05) is 49.4 Å². The van der Waals surface area contributed by atoms with Crippen molar-refractivity contribution in [3.8, 4) is 5.75 Å². The number of carbonyl (C=O) groups is 1. The number of hydrogen-bond acceptors (Lipinski definition) is 4. The van der Waals surface area contributed by atoms with Crippen LogP contribution in [0.15, 0.2) is 54.6 Å².